The van der Waals surface area contributed by atoms with E-state index in [1.165, 1.54) is 18.4 Å². The summed E-state index contributed by atoms with van der Waals surface area (Å²) in [4.78, 5) is 4.57. The van der Waals surface area contributed by atoms with Crippen LogP contribution < -0.4 is 0 Å². The maximum absolute atomic E-state index is 4.57. The zero-order valence-corrected chi connectivity index (χ0v) is 10.4. The summed E-state index contributed by atoms with van der Waals surface area (Å²) >= 11 is 0. The molecule has 2 rings (SSSR count). The number of hydrogen-bond donors (Lipinski definition) is 0. The number of aryl methyl sites for hydroxylation is 2. The molecule has 0 radical (unpaired) electrons. The molecule has 0 fully saturated rings. The minimum absolute atomic E-state index is 0.787. The van der Waals surface area contributed by atoms with Crippen LogP contribution in [0.25, 0.3) is 11.0 Å². The number of para-hydroxylation sites is 2. The van der Waals surface area contributed by atoms with Crippen molar-refractivity contribution in [3.8, 4) is 0 Å². The molecule has 1 heterocycles. The van der Waals surface area contributed by atoms with E-state index in [2.05, 4.69) is 48.5 Å². The number of imidazole rings is 1. The van der Waals surface area contributed by atoms with Crippen molar-refractivity contribution in [1.29, 1.82) is 0 Å². The summed E-state index contributed by atoms with van der Waals surface area (Å²) in [5.41, 5.74) is 2.38. The van der Waals surface area contributed by atoms with Gasteiger partial charge in [0.05, 0.1) is 11.0 Å². The van der Waals surface area contributed by atoms with Gasteiger partial charge in [-0.05, 0) is 37.8 Å². The summed E-state index contributed by atoms with van der Waals surface area (Å²) in [7, 11) is 0. The van der Waals surface area contributed by atoms with Gasteiger partial charge in [0.1, 0.15) is 5.82 Å². The van der Waals surface area contributed by atoms with Crippen LogP contribution in [0.2, 0.25) is 0 Å². The van der Waals surface area contributed by atoms with Gasteiger partial charge in [-0.3, -0.25) is 0 Å². The molecule has 0 bridgehead atoms. The molecule has 2 heteroatoms. The topological polar surface area (TPSA) is 17.8 Å². The molecule has 2 aromatic rings. The predicted octanol–water partition coefficient (Wildman–Crippen LogP) is 3.78. The summed E-state index contributed by atoms with van der Waals surface area (Å²) in [6.07, 6.45) is 2.52. The molecule has 0 saturated heterocycles. The fourth-order valence-electron chi connectivity index (χ4n) is 2.14. The van der Waals surface area contributed by atoms with E-state index in [9.17, 15) is 0 Å². The van der Waals surface area contributed by atoms with Gasteiger partial charge < -0.3 is 4.57 Å². The van der Waals surface area contributed by atoms with Crippen LogP contribution in [0.3, 0.4) is 0 Å². The van der Waals surface area contributed by atoms with E-state index < -0.39 is 0 Å². The molecule has 86 valence electrons. The minimum atomic E-state index is 0.787. The van der Waals surface area contributed by atoms with E-state index in [-0.39, 0.29) is 0 Å². The molecule has 0 spiro atoms. The molecule has 1 aromatic heterocycles. The fourth-order valence-corrected chi connectivity index (χ4v) is 2.14. The Balaban J connectivity index is 2.19. The Morgan fingerprint density at radius 3 is 2.75 bits per heavy atom. The predicted molar refractivity (Wildman–Crippen MR) is 68.5 cm³/mol. The Morgan fingerprint density at radius 1 is 1.25 bits per heavy atom. The molecular formula is C14H20N2. The van der Waals surface area contributed by atoms with Crippen LogP contribution in [0.5, 0.6) is 0 Å². The van der Waals surface area contributed by atoms with Gasteiger partial charge in [0.2, 0.25) is 0 Å². The third-order valence-corrected chi connectivity index (χ3v) is 3.01. The lowest BCUT2D eigenvalue weighted by molar-refractivity contribution is 0.512. The highest BCUT2D eigenvalue weighted by molar-refractivity contribution is 5.75. The van der Waals surface area contributed by atoms with Gasteiger partial charge in [0.15, 0.2) is 0 Å². The second kappa shape index (κ2) is 4.69. The van der Waals surface area contributed by atoms with Crippen LogP contribution in [0.4, 0.5) is 0 Å². The zero-order chi connectivity index (χ0) is 11.5. The van der Waals surface area contributed by atoms with E-state index in [4.69, 9.17) is 0 Å². The number of hydrogen-bond acceptors (Lipinski definition) is 1. The van der Waals surface area contributed by atoms with Gasteiger partial charge in [0, 0.05) is 6.54 Å². The van der Waals surface area contributed by atoms with Gasteiger partial charge in [-0.2, -0.15) is 0 Å². The van der Waals surface area contributed by atoms with E-state index in [1.807, 2.05) is 6.07 Å². The number of aromatic nitrogens is 2. The van der Waals surface area contributed by atoms with Gasteiger partial charge in [-0.25, -0.2) is 4.98 Å². The van der Waals surface area contributed by atoms with E-state index in [1.54, 1.807) is 0 Å². The van der Waals surface area contributed by atoms with Crippen molar-refractivity contribution in [3.63, 3.8) is 0 Å². The average Bonchev–Trinajstić information content (AvgIpc) is 2.55. The summed E-state index contributed by atoms with van der Waals surface area (Å²) in [5, 5.41) is 0. The Labute approximate surface area is 97.3 Å². The van der Waals surface area contributed by atoms with Crippen molar-refractivity contribution < 1.29 is 0 Å². The van der Waals surface area contributed by atoms with E-state index in [0.29, 0.717) is 0 Å². The fraction of sp³-hybridized carbons (Fsp3) is 0.500. The minimum Gasteiger partial charge on any atom is -0.328 e. The van der Waals surface area contributed by atoms with Crippen molar-refractivity contribution in [3.05, 3.63) is 30.1 Å². The number of fused-ring (bicyclic) bond motifs is 1. The quantitative estimate of drug-likeness (QED) is 0.760. The molecule has 1 aromatic carbocycles. The van der Waals surface area contributed by atoms with Crippen LogP contribution >= 0.6 is 0 Å². The molecule has 0 aliphatic heterocycles. The summed E-state index contributed by atoms with van der Waals surface area (Å²) in [5.74, 6) is 1.92. The number of nitrogens with zero attached hydrogens (tertiary/aromatic N) is 2. The second-order valence-electron chi connectivity index (χ2n) is 4.84. The van der Waals surface area contributed by atoms with Gasteiger partial charge >= 0.3 is 0 Å². The number of rotatable bonds is 4. The molecule has 0 aliphatic carbocycles. The molecule has 0 unspecified atom stereocenters. The molecular weight excluding hydrogens is 196 g/mol. The lowest BCUT2D eigenvalue weighted by Crippen LogP contribution is -2.01. The zero-order valence-electron chi connectivity index (χ0n) is 10.4. The van der Waals surface area contributed by atoms with Gasteiger partial charge in [-0.1, -0.05) is 26.0 Å². The normalized spacial score (nSPS) is 11.5. The van der Waals surface area contributed by atoms with E-state index >= 15 is 0 Å². The Bertz CT molecular complexity index is 469. The maximum Gasteiger partial charge on any atom is 0.106 e. The van der Waals surface area contributed by atoms with Crippen LogP contribution in [0.1, 0.15) is 32.5 Å². The number of benzene rings is 1. The molecule has 16 heavy (non-hydrogen) atoms. The molecule has 0 aliphatic rings. The Hall–Kier alpha value is -1.31. The molecule has 0 amide bonds. The molecule has 0 N–H and O–H groups in total. The van der Waals surface area contributed by atoms with E-state index in [0.717, 1.165) is 23.8 Å². The summed E-state index contributed by atoms with van der Waals surface area (Å²) < 4.78 is 2.33. The largest absolute Gasteiger partial charge is 0.328 e. The highest BCUT2D eigenvalue weighted by atomic mass is 15.1. The second-order valence-corrected chi connectivity index (χ2v) is 4.84. The first-order valence-electron chi connectivity index (χ1n) is 6.10. The first-order chi connectivity index (χ1) is 7.68. The SMILES string of the molecule is Cc1nc2ccccc2n1CCCC(C)C. The molecule has 2 nitrogen and oxygen atoms in total. The standard InChI is InChI=1S/C14H20N2/c1-11(2)7-6-10-16-12(3)15-13-8-4-5-9-14(13)16/h4-5,8-9,11H,6-7,10H2,1-3H3. The molecule has 0 saturated carbocycles. The van der Waals surface area contributed by atoms with Crippen molar-refractivity contribution in [2.45, 2.75) is 40.2 Å². The Morgan fingerprint density at radius 2 is 2.00 bits per heavy atom. The van der Waals surface area contributed by atoms with Crippen LogP contribution in [0.15, 0.2) is 24.3 Å². The van der Waals surface area contributed by atoms with Gasteiger partial charge in [0.25, 0.3) is 0 Å². The van der Waals surface area contributed by atoms with Crippen molar-refractivity contribution >= 4 is 11.0 Å². The van der Waals surface area contributed by atoms with Crippen molar-refractivity contribution in [2.24, 2.45) is 5.92 Å². The van der Waals surface area contributed by atoms with Crippen molar-refractivity contribution in [2.75, 3.05) is 0 Å². The first kappa shape index (κ1) is 11.2. The smallest absolute Gasteiger partial charge is 0.106 e. The lowest BCUT2D eigenvalue weighted by atomic mass is 10.1. The monoisotopic (exact) mass is 216 g/mol. The highest BCUT2D eigenvalue weighted by Crippen LogP contribution is 2.16. The Kier molecular flexibility index (Phi) is 3.28. The van der Waals surface area contributed by atoms with Crippen LogP contribution in [0, 0.1) is 12.8 Å². The third-order valence-electron chi connectivity index (χ3n) is 3.01. The van der Waals surface area contributed by atoms with Crippen LogP contribution in [-0.4, -0.2) is 9.55 Å². The highest BCUT2D eigenvalue weighted by Gasteiger charge is 2.05. The first-order valence-corrected chi connectivity index (χ1v) is 6.10. The maximum atomic E-state index is 4.57. The van der Waals surface area contributed by atoms with Crippen molar-refractivity contribution in [1.82, 2.24) is 9.55 Å². The lowest BCUT2D eigenvalue weighted by Gasteiger charge is -2.08. The molecule has 0 atom stereocenters. The summed E-state index contributed by atoms with van der Waals surface area (Å²) in [6, 6.07) is 8.38. The van der Waals surface area contributed by atoms with Gasteiger partial charge in [-0.15, -0.1) is 0 Å². The average molecular weight is 216 g/mol. The summed E-state index contributed by atoms with van der Waals surface area (Å²) in [6.45, 7) is 7.73. The van der Waals surface area contributed by atoms with Crippen LogP contribution in [-0.2, 0) is 6.54 Å². The third kappa shape index (κ3) is 2.26.